The van der Waals surface area contributed by atoms with Crippen LogP contribution in [0.4, 0.5) is 0 Å². The third kappa shape index (κ3) is 6.16. The number of sulfonamides is 1. The molecule has 1 aromatic rings. The number of halogens is 1. The van der Waals surface area contributed by atoms with Crippen LogP contribution in [-0.4, -0.2) is 40.0 Å². The van der Waals surface area contributed by atoms with Gasteiger partial charge in [0.05, 0.1) is 31.4 Å². The maximum atomic E-state index is 12.5. The number of carbonyl (C=O) groups excluding carboxylic acids is 1. The minimum Gasteiger partial charge on any atom is -0.469 e. The van der Waals surface area contributed by atoms with E-state index in [2.05, 4.69) is 25.4 Å². The van der Waals surface area contributed by atoms with Crippen LogP contribution in [0, 0.1) is 0 Å². The predicted molar refractivity (Wildman–Crippen MR) is 94.0 cm³/mol. The zero-order valence-electron chi connectivity index (χ0n) is 13.5. The quantitative estimate of drug-likeness (QED) is 0.686. The summed E-state index contributed by atoms with van der Waals surface area (Å²) in [5, 5.41) is 0. The monoisotopic (exact) mass is 419 g/mol. The number of methoxy groups -OCH3 is 1. The average Bonchev–Trinajstić information content (AvgIpc) is 2.55. The molecular weight excluding hydrogens is 398 g/mol. The van der Waals surface area contributed by atoms with Crippen molar-refractivity contribution in [2.24, 2.45) is 0 Å². The summed E-state index contributed by atoms with van der Waals surface area (Å²) in [4.78, 5) is 11.6. The van der Waals surface area contributed by atoms with E-state index in [0.29, 0.717) is 12.2 Å². The van der Waals surface area contributed by atoms with Crippen molar-refractivity contribution in [3.63, 3.8) is 0 Å². The van der Waals surface area contributed by atoms with Crippen LogP contribution in [0.2, 0.25) is 0 Å². The maximum Gasteiger partial charge on any atom is 0.307 e. The molecule has 0 amide bonds. The third-order valence-corrected chi connectivity index (χ3v) is 5.85. The first-order valence-electron chi connectivity index (χ1n) is 7.83. The SMILES string of the molecule is COC(=O)CC(NS(=O)(=O)CC1CCCCO1)c1ccc(Br)cc1. The van der Waals surface area contributed by atoms with Crippen LogP contribution in [-0.2, 0) is 24.3 Å². The van der Waals surface area contributed by atoms with Crippen LogP contribution in [0.15, 0.2) is 28.7 Å². The zero-order valence-corrected chi connectivity index (χ0v) is 15.9. The van der Waals surface area contributed by atoms with Crippen LogP contribution in [0.5, 0.6) is 0 Å². The molecule has 1 fully saturated rings. The highest BCUT2D eigenvalue weighted by Gasteiger charge is 2.26. The van der Waals surface area contributed by atoms with Crippen molar-refractivity contribution in [2.75, 3.05) is 19.5 Å². The van der Waals surface area contributed by atoms with Gasteiger partial charge in [-0.25, -0.2) is 13.1 Å². The number of rotatable bonds is 7. The Morgan fingerprint density at radius 2 is 2.08 bits per heavy atom. The minimum absolute atomic E-state index is 0.0666. The fraction of sp³-hybridized carbons (Fsp3) is 0.562. The first-order chi connectivity index (χ1) is 11.4. The topological polar surface area (TPSA) is 81.7 Å². The lowest BCUT2D eigenvalue weighted by Gasteiger charge is -2.24. The van der Waals surface area contributed by atoms with Crippen molar-refractivity contribution >= 4 is 31.9 Å². The van der Waals surface area contributed by atoms with Crippen LogP contribution >= 0.6 is 15.9 Å². The fourth-order valence-electron chi connectivity index (χ4n) is 2.62. The highest BCUT2D eigenvalue weighted by atomic mass is 79.9. The highest BCUT2D eigenvalue weighted by molar-refractivity contribution is 9.10. The number of ether oxygens (including phenoxy) is 2. The van der Waals surface area contributed by atoms with Gasteiger partial charge >= 0.3 is 5.97 Å². The maximum absolute atomic E-state index is 12.5. The Morgan fingerprint density at radius 3 is 2.67 bits per heavy atom. The second kappa shape index (κ2) is 8.94. The molecule has 2 rings (SSSR count). The van der Waals surface area contributed by atoms with Gasteiger partial charge in [-0.3, -0.25) is 4.79 Å². The van der Waals surface area contributed by atoms with Gasteiger partial charge in [0.25, 0.3) is 0 Å². The third-order valence-electron chi connectivity index (χ3n) is 3.87. The molecule has 2 unspecified atom stereocenters. The van der Waals surface area contributed by atoms with Crippen LogP contribution in [0.1, 0.15) is 37.3 Å². The van der Waals surface area contributed by atoms with Gasteiger partial charge in [-0.15, -0.1) is 0 Å². The lowest BCUT2D eigenvalue weighted by atomic mass is 10.1. The van der Waals surface area contributed by atoms with Gasteiger partial charge in [-0.2, -0.15) is 0 Å². The molecule has 1 aliphatic rings. The number of carbonyl (C=O) groups is 1. The summed E-state index contributed by atoms with van der Waals surface area (Å²) < 4.78 is 38.6. The Hall–Kier alpha value is -0.960. The molecule has 1 heterocycles. The lowest BCUT2D eigenvalue weighted by molar-refractivity contribution is -0.141. The van der Waals surface area contributed by atoms with E-state index >= 15 is 0 Å². The number of benzene rings is 1. The predicted octanol–water partition coefficient (Wildman–Crippen LogP) is 2.54. The second-order valence-electron chi connectivity index (χ2n) is 5.77. The molecule has 6 nitrogen and oxygen atoms in total. The molecule has 134 valence electrons. The van der Waals surface area contributed by atoms with E-state index in [1.165, 1.54) is 7.11 Å². The Kier molecular flexibility index (Phi) is 7.21. The van der Waals surface area contributed by atoms with Gasteiger partial charge in [0.2, 0.25) is 10.0 Å². The van der Waals surface area contributed by atoms with Gasteiger partial charge in [0.15, 0.2) is 0 Å². The van der Waals surface area contributed by atoms with Crippen LogP contribution in [0.3, 0.4) is 0 Å². The minimum atomic E-state index is -3.59. The van der Waals surface area contributed by atoms with Crippen molar-refractivity contribution in [1.82, 2.24) is 4.72 Å². The first-order valence-corrected chi connectivity index (χ1v) is 10.3. The van der Waals surface area contributed by atoms with E-state index in [-0.39, 0.29) is 18.3 Å². The smallest absolute Gasteiger partial charge is 0.307 e. The Labute approximate surface area is 151 Å². The van der Waals surface area contributed by atoms with Gasteiger partial charge in [-0.1, -0.05) is 28.1 Å². The molecule has 8 heteroatoms. The summed E-state index contributed by atoms with van der Waals surface area (Å²) in [5.41, 5.74) is 0.705. The summed E-state index contributed by atoms with van der Waals surface area (Å²) in [6.45, 7) is 0.596. The number of hydrogen-bond acceptors (Lipinski definition) is 5. The van der Waals surface area contributed by atoms with Gasteiger partial charge in [0, 0.05) is 11.1 Å². The van der Waals surface area contributed by atoms with E-state index in [9.17, 15) is 13.2 Å². The van der Waals surface area contributed by atoms with E-state index in [1.54, 1.807) is 24.3 Å². The van der Waals surface area contributed by atoms with Gasteiger partial charge in [0.1, 0.15) is 0 Å². The summed E-state index contributed by atoms with van der Waals surface area (Å²) in [6.07, 6.45) is 2.32. The first kappa shape index (κ1) is 19.4. The molecule has 1 N–H and O–H groups in total. The van der Waals surface area contributed by atoms with E-state index in [0.717, 1.165) is 23.7 Å². The Morgan fingerprint density at radius 1 is 1.38 bits per heavy atom. The summed E-state index contributed by atoms with van der Waals surface area (Å²) in [5.74, 6) is -0.569. The molecule has 1 saturated heterocycles. The molecule has 0 spiro atoms. The highest BCUT2D eigenvalue weighted by Crippen LogP contribution is 2.22. The van der Waals surface area contributed by atoms with Crippen LogP contribution < -0.4 is 4.72 Å². The van der Waals surface area contributed by atoms with Crippen molar-refractivity contribution < 1.29 is 22.7 Å². The molecule has 0 aliphatic carbocycles. The van der Waals surface area contributed by atoms with Crippen molar-refractivity contribution in [2.45, 2.75) is 37.8 Å². The van der Waals surface area contributed by atoms with Crippen LogP contribution in [0.25, 0.3) is 0 Å². The largest absolute Gasteiger partial charge is 0.469 e. The van der Waals surface area contributed by atoms with E-state index in [1.807, 2.05) is 0 Å². The standard InChI is InChI=1S/C16H22BrNO5S/c1-22-16(19)10-15(12-5-7-13(17)8-6-12)18-24(20,21)11-14-4-2-3-9-23-14/h5-8,14-15,18H,2-4,9-11H2,1H3. The zero-order chi connectivity index (χ0) is 17.6. The summed E-state index contributed by atoms with van der Waals surface area (Å²) >= 11 is 3.34. The lowest BCUT2D eigenvalue weighted by Crippen LogP contribution is -2.37. The van der Waals surface area contributed by atoms with Crippen molar-refractivity contribution in [1.29, 1.82) is 0 Å². The molecule has 1 aliphatic heterocycles. The summed E-state index contributed by atoms with van der Waals surface area (Å²) in [6, 6.07) is 6.49. The average molecular weight is 420 g/mol. The molecule has 1 aromatic carbocycles. The van der Waals surface area contributed by atoms with E-state index < -0.39 is 22.0 Å². The van der Waals surface area contributed by atoms with Crippen molar-refractivity contribution in [3.05, 3.63) is 34.3 Å². The number of hydrogen-bond donors (Lipinski definition) is 1. The summed E-state index contributed by atoms with van der Waals surface area (Å²) in [7, 11) is -2.30. The molecule has 2 atom stereocenters. The number of esters is 1. The normalized spacial score (nSPS) is 19.7. The fourth-order valence-corrected chi connectivity index (χ4v) is 4.39. The molecule has 24 heavy (non-hydrogen) atoms. The Balaban J connectivity index is 2.10. The van der Waals surface area contributed by atoms with E-state index in [4.69, 9.17) is 4.74 Å². The van der Waals surface area contributed by atoms with Crippen molar-refractivity contribution in [3.8, 4) is 0 Å². The molecular formula is C16H22BrNO5S. The van der Waals surface area contributed by atoms with Gasteiger partial charge in [-0.05, 0) is 37.0 Å². The van der Waals surface area contributed by atoms with Gasteiger partial charge < -0.3 is 9.47 Å². The Bertz CT molecular complexity index is 641. The molecule has 0 saturated carbocycles. The second-order valence-corrected chi connectivity index (χ2v) is 8.49. The molecule has 0 aromatic heterocycles. The molecule has 0 radical (unpaired) electrons. The number of nitrogens with one attached hydrogen (secondary N) is 1. The molecule has 0 bridgehead atoms.